The standard InChI is InChI=1S/C11H7ClIN3O3/c12-8-2-1-6(13)3-9(8)15-11(17)10-4-7(5-14-10)16(18)19/h1-5,14H,(H,15,17). The third-order valence-electron chi connectivity index (χ3n) is 2.30. The lowest BCUT2D eigenvalue weighted by molar-refractivity contribution is -0.384. The monoisotopic (exact) mass is 391 g/mol. The van der Waals surface area contributed by atoms with Crippen molar-refractivity contribution < 1.29 is 9.72 Å². The van der Waals surface area contributed by atoms with Gasteiger partial charge in [0.15, 0.2) is 0 Å². The fourth-order valence-electron chi connectivity index (χ4n) is 1.40. The van der Waals surface area contributed by atoms with Gasteiger partial charge in [0, 0.05) is 9.64 Å². The van der Waals surface area contributed by atoms with Crippen LogP contribution in [0.2, 0.25) is 5.02 Å². The average Bonchev–Trinajstić information content (AvgIpc) is 2.83. The van der Waals surface area contributed by atoms with Crippen LogP contribution in [0.5, 0.6) is 0 Å². The number of amides is 1. The van der Waals surface area contributed by atoms with Crippen LogP contribution in [0, 0.1) is 13.7 Å². The Labute approximate surface area is 126 Å². The fraction of sp³-hybridized carbons (Fsp3) is 0. The summed E-state index contributed by atoms with van der Waals surface area (Å²) in [5.74, 6) is -0.489. The molecule has 0 aliphatic heterocycles. The van der Waals surface area contributed by atoms with Crippen LogP contribution < -0.4 is 5.32 Å². The van der Waals surface area contributed by atoms with Crippen LogP contribution in [-0.4, -0.2) is 15.8 Å². The zero-order chi connectivity index (χ0) is 14.0. The van der Waals surface area contributed by atoms with Crippen molar-refractivity contribution in [3.05, 3.63) is 54.9 Å². The topological polar surface area (TPSA) is 88.0 Å². The number of hydrogen-bond acceptors (Lipinski definition) is 3. The summed E-state index contributed by atoms with van der Waals surface area (Å²) < 4.78 is 0.912. The van der Waals surface area contributed by atoms with E-state index in [1.165, 1.54) is 0 Å². The second kappa shape index (κ2) is 5.57. The highest BCUT2D eigenvalue weighted by Gasteiger charge is 2.15. The van der Waals surface area contributed by atoms with Gasteiger partial charge in [-0.05, 0) is 40.8 Å². The van der Waals surface area contributed by atoms with Crippen molar-refractivity contribution in [2.24, 2.45) is 0 Å². The van der Waals surface area contributed by atoms with E-state index >= 15 is 0 Å². The van der Waals surface area contributed by atoms with Gasteiger partial charge in [-0.3, -0.25) is 14.9 Å². The highest BCUT2D eigenvalue weighted by Crippen LogP contribution is 2.24. The maximum atomic E-state index is 11.9. The molecule has 8 heteroatoms. The van der Waals surface area contributed by atoms with Crippen molar-refractivity contribution in [1.82, 2.24) is 4.98 Å². The molecule has 0 fully saturated rings. The van der Waals surface area contributed by atoms with Gasteiger partial charge in [0.25, 0.3) is 11.6 Å². The number of nitro groups is 1. The average molecular weight is 392 g/mol. The number of nitrogens with zero attached hydrogens (tertiary/aromatic N) is 1. The molecule has 0 bridgehead atoms. The molecule has 0 aliphatic rings. The maximum absolute atomic E-state index is 11.9. The molecule has 0 aliphatic carbocycles. The minimum absolute atomic E-state index is 0.0987. The molecule has 0 unspecified atom stereocenters. The summed E-state index contributed by atoms with van der Waals surface area (Å²) in [5, 5.41) is 13.5. The van der Waals surface area contributed by atoms with E-state index in [1.54, 1.807) is 18.2 Å². The fourth-order valence-corrected chi connectivity index (χ4v) is 2.06. The molecule has 0 saturated heterocycles. The van der Waals surface area contributed by atoms with E-state index in [9.17, 15) is 14.9 Å². The summed E-state index contributed by atoms with van der Waals surface area (Å²) in [6.45, 7) is 0. The second-order valence-electron chi connectivity index (χ2n) is 3.61. The summed E-state index contributed by atoms with van der Waals surface area (Å²) in [5.41, 5.74) is 0.385. The summed E-state index contributed by atoms with van der Waals surface area (Å²) in [4.78, 5) is 24.4. The molecular weight excluding hydrogens is 384 g/mol. The predicted octanol–water partition coefficient (Wildman–Crippen LogP) is 3.43. The molecule has 2 rings (SSSR count). The third kappa shape index (κ3) is 3.24. The molecular formula is C11H7ClIN3O3. The molecule has 2 N–H and O–H groups in total. The van der Waals surface area contributed by atoms with Gasteiger partial charge in [-0.2, -0.15) is 0 Å². The lowest BCUT2D eigenvalue weighted by atomic mass is 10.3. The van der Waals surface area contributed by atoms with E-state index < -0.39 is 10.8 Å². The number of carbonyl (C=O) groups is 1. The van der Waals surface area contributed by atoms with E-state index in [4.69, 9.17) is 11.6 Å². The van der Waals surface area contributed by atoms with Gasteiger partial charge in [0.05, 0.1) is 21.8 Å². The largest absolute Gasteiger partial charge is 0.351 e. The van der Waals surface area contributed by atoms with Gasteiger partial charge >= 0.3 is 0 Å². The molecule has 0 atom stereocenters. The van der Waals surface area contributed by atoms with Gasteiger partial charge < -0.3 is 10.3 Å². The molecule has 98 valence electrons. The molecule has 1 aromatic heterocycles. The minimum atomic E-state index is -0.578. The summed E-state index contributed by atoms with van der Waals surface area (Å²) in [7, 11) is 0. The zero-order valence-electron chi connectivity index (χ0n) is 9.31. The maximum Gasteiger partial charge on any atom is 0.287 e. The number of benzene rings is 1. The van der Waals surface area contributed by atoms with Gasteiger partial charge in [-0.25, -0.2) is 0 Å². The number of carbonyl (C=O) groups excluding carboxylic acids is 1. The van der Waals surface area contributed by atoms with Gasteiger partial charge in [0.2, 0.25) is 0 Å². The van der Waals surface area contributed by atoms with Crippen molar-refractivity contribution in [2.75, 3.05) is 5.32 Å². The zero-order valence-corrected chi connectivity index (χ0v) is 12.2. The Bertz CT molecular complexity index is 656. The Morgan fingerprint density at radius 3 is 2.79 bits per heavy atom. The highest BCUT2D eigenvalue weighted by molar-refractivity contribution is 14.1. The molecule has 0 saturated carbocycles. The number of aromatic nitrogens is 1. The Balaban J connectivity index is 2.20. The number of H-pyrrole nitrogens is 1. The first-order valence-corrected chi connectivity index (χ1v) is 6.52. The van der Waals surface area contributed by atoms with E-state index in [1.807, 2.05) is 0 Å². The Morgan fingerprint density at radius 1 is 1.42 bits per heavy atom. The van der Waals surface area contributed by atoms with Crippen molar-refractivity contribution in [3.8, 4) is 0 Å². The Hall–Kier alpha value is -1.61. The lowest BCUT2D eigenvalue weighted by Crippen LogP contribution is -2.12. The number of anilines is 1. The van der Waals surface area contributed by atoms with Crippen LogP contribution >= 0.6 is 34.2 Å². The highest BCUT2D eigenvalue weighted by atomic mass is 127. The van der Waals surface area contributed by atoms with Crippen LogP contribution in [0.4, 0.5) is 11.4 Å². The van der Waals surface area contributed by atoms with Crippen LogP contribution in [0.3, 0.4) is 0 Å². The van der Waals surface area contributed by atoms with Crippen molar-refractivity contribution >= 4 is 51.5 Å². The molecule has 1 aromatic carbocycles. The lowest BCUT2D eigenvalue weighted by Gasteiger charge is -2.06. The number of aromatic amines is 1. The van der Waals surface area contributed by atoms with Crippen molar-refractivity contribution in [2.45, 2.75) is 0 Å². The first kappa shape index (κ1) is 13.8. The van der Waals surface area contributed by atoms with E-state index in [-0.39, 0.29) is 11.4 Å². The number of hydrogen-bond donors (Lipinski definition) is 2. The van der Waals surface area contributed by atoms with Crippen LogP contribution in [-0.2, 0) is 0 Å². The molecule has 0 radical (unpaired) electrons. The summed E-state index contributed by atoms with van der Waals surface area (Å²) in [6, 6.07) is 6.34. The molecule has 0 spiro atoms. The summed E-state index contributed by atoms with van der Waals surface area (Å²) >= 11 is 8.04. The van der Waals surface area contributed by atoms with E-state index in [2.05, 4.69) is 32.9 Å². The molecule has 2 aromatic rings. The SMILES string of the molecule is O=C(Nc1cc(I)ccc1Cl)c1cc([N+](=O)[O-])c[nH]1. The summed E-state index contributed by atoms with van der Waals surface area (Å²) in [6.07, 6.45) is 1.16. The molecule has 1 heterocycles. The Morgan fingerprint density at radius 2 is 2.16 bits per heavy atom. The second-order valence-corrected chi connectivity index (χ2v) is 5.26. The van der Waals surface area contributed by atoms with Crippen LogP contribution in [0.1, 0.15) is 10.5 Å². The van der Waals surface area contributed by atoms with Crippen LogP contribution in [0.15, 0.2) is 30.5 Å². The first-order valence-electron chi connectivity index (χ1n) is 5.06. The normalized spacial score (nSPS) is 10.2. The van der Waals surface area contributed by atoms with E-state index in [0.717, 1.165) is 15.8 Å². The van der Waals surface area contributed by atoms with Crippen molar-refractivity contribution in [3.63, 3.8) is 0 Å². The third-order valence-corrected chi connectivity index (χ3v) is 3.30. The van der Waals surface area contributed by atoms with E-state index in [0.29, 0.717) is 10.7 Å². The molecule has 1 amide bonds. The Kier molecular flexibility index (Phi) is 4.05. The smallest absolute Gasteiger partial charge is 0.287 e. The van der Waals surface area contributed by atoms with Gasteiger partial charge in [-0.15, -0.1) is 0 Å². The predicted molar refractivity (Wildman–Crippen MR) is 79.6 cm³/mol. The van der Waals surface area contributed by atoms with Gasteiger partial charge in [-0.1, -0.05) is 11.6 Å². The number of nitrogens with one attached hydrogen (secondary N) is 2. The quantitative estimate of drug-likeness (QED) is 0.477. The molecule has 19 heavy (non-hydrogen) atoms. The molecule has 6 nitrogen and oxygen atoms in total. The van der Waals surface area contributed by atoms with Crippen molar-refractivity contribution in [1.29, 1.82) is 0 Å². The minimum Gasteiger partial charge on any atom is -0.351 e. The number of rotatable bonds is 3. The van der Waals surface area contributed by atoms with Crippen LogP contribution in [0.25, 0.3) is 0 Å². The number of halogens is 2. The first-order chi connectivity index (χ1) is 8.97. The van der Waals surface area contributed by atoms with Gasteiger partial charge in [0.1, 0.15) is 5.69 Å².